The van der Waals surface area contributed by atoms with E-state index in [9.17, 15) is 0 Å². The van der Waals surface area contributed by atoms with E-state index in [0.717, 1.165) is 28.9 Å². The molecule has 0 N–H and O–H groups in total. The minimum Gasteiger partial charge on any atom is -0.497 e. The molecule has 108 valence electrons. The van der Waals surface area contributed by atoms with Gasteiger partial charge in [-0.25, -0.2) is 0 Å². The molecule has 1 unspecified atom stereocenters. The molecule has 0 amide bonds. The van der Waals surface area contributed by atoms with Gasteiger partial charge in [0.15, 0.2) is 0 Å². The third kappa shape index (κ3) is 3.13. The lowest BCUT2D eigenvalue weighted by Crippen LogP contribution is -1.94. The van der Waals surface area contributed by atoms with Gasteiger partial charge in [0.1, 0.15) is 17.1 Å². The number of fused-ring (bicyclic) bond motifs is 1. The summed E-state index contributed by atoms with van der Waals surface area (Å²) < 4.78 is 11.2. The largest absolute Gasteiger partial charge is 0.497 e. The Labute approximate surface area is 132 Å². The zero-order chi connectivity index (χ0) is 14.8. The molecular weight excluding hydrogens is 328 g/mol. The Hall–Kier alpha value is -1.74. The number of furan rings is 1. The van der Waals surface area contributed by atoms with Crippen molar-refractivity contribution in [3.63, 3.8) is 0 Å². The molecule has 3 heteroatoms. The molecule has 0 aliphatic carbocycles. The molecule has 0 bridgehead atoms. The Morgan fingerprint density at radius 3 is 2.81 bits per heavy atom. The molecule has 0 saturated carbocycles. The molecule has 0 aliphatic rings. The molecule has 2 aromatic carbocycles. The first kappa shape index (κ1) is 14.2. The Bertz CT molecular complexity index is 761. The van der Waals surface area contributed by atoms with Crippen molar-refractivity contribution in [2.45, 2.75) is 18.2 Å². The van der Waals surface area contributed by atoms with Crippen molar-refractivity contribution in [1.82, 2.24) is 0 Å². The summed E-state index contributed by atoms with van der Waals surface area (Å²) in [7, 11) is 1.69. The number of hydrogen-bond acceptors (Lipinski definition) is 2. The molecular formula is C18H17BrO2. The van der Waals surface area contributed by atoms with E-state index in [1.165, 1.54) is 11.1 Å². The van der Waals surface area contributed by atoms with Gasteiger partial charge >= 0.3 is 0 Å². The van der Waals surface area contributed by atoms with Gasteiger partial charge in [-0.05, 0) is 49.2 Å². The summed E-state index contributed by atoms with van der Waals surface area (Å²) >= 11 is 3.73. The standard InChI is InChI=1S/C18H17BrO2/c1-12-6-7-17-14(8-12)11-18(21-17)16(19)10-13-4-3-5-15(9-13)20-2/h3-9,11,16H,10H2,1-2H3. The summed E-state index contributed by atoms with van der Waals surface area (Å²) in [5.74, 6) is 1.84. The zero-order valence-electron chi connectivity index (χ0n) is 12.1. The highest BCUT2D eigenvalue weighted by Gasteiger charge is 2.14. The van der Waals surface area contributed by atoms with Crippen LogP contribution in [0, 0.1) is 6.92 Å². The number of aryl methyl sites for hydroxylation is 1. The van der Waals surface area contributed by atoms with Crippen molar-refractivity contribution >= 4 is 26.9 Å². The van der Waals surface area contributed by atoms with Gasteiger partial charge in [-0.15, -0.1) is 0 Å². The average molecular weight is 345 g/mol. The Morgan fingerprint density at radius 2 is 2.00 bits per heavy atom. The average Bonchev–Trinajstić information content (AvgIpc) is 2.90. The SMILES string of the molecule is COc1cccc(CC(Br)c2cc3cc(C)ccc3o2)c1. The topological polar surface area (TPSA) is 22.4 Å². The van der Waals surface area contributed by atoms with E-state index in [1.54, 1.807) is 7.11 Å². The normalized spacial score (nSPS) is 12.5. The van der Waals surface area contributed by atoms with Crippen LogP contribution in [0.1, 0.15) is 21.7 Å². The second kappa shape index (κ2) is 5.94. The highest BCUT2D eigenvalue weighted by Crippen LogP contribution is 2.32. The Kier molecular flexibility index (Phi) is 4.02. The van der Waals surface area contributed by atoms with Crippen molar-refractivity contribution < 1.29 is 9.15 Å². The van der Waals surface area contributed by atoms with Crippen LogP contribution in [0.25, 0.3) is 11.0 Å². The fourth-order valence-corrected chi connectivity index (χ4v) is 3.04. The minimum atomic E-state index is 0.150. The van der Waals surface area contributed by atoms with Gasteiger partial charge in [0.25, 0.3) is 0 Å². The fraction of sp³-hybridized carbons (Fsp3) is 0.222. The van der Waals surface area contributed by atoms with Crippen molar-refractivity contribution in [2.75, 3.05) is 7.11 Å². The van der Waals surface area contributed by atoms with Gasteiger partial charge in [0.2, 0.25) is 0 Å². The van der Waals surface area contributed by atoms with Crippen molar-refractivity contribution in [3.05, 3.63) is 65.4 Å². The molecule has 0 aliphatic heterocycles. The van der Waals surface area contributed by atoms with Crippen LogP contribution in [0.5, 0.6) is 5.75 Å². The number of alkyl halides is 1. The molecule has 0 fully saturated rings. The predicted octanol–water partition coefficient (Wildman–Crippen LogP) is 5.43. The molecule has 1 atom stereocenters. The summed E-state index contributed by atoms with van der Waals surface area (Å²) in [6.45, 7) is 2.09. The van der Waals surface area contributed by atoms with E-state index in [4.69, 9.17) is 9.15 Å². The smallest absolute Gasteiger partial charge is 0.134 e. The maximum absolute atomic E-state index is 5.94. The number of hydrogen-bond donors (Lipinski definition) is 0. The summed E-state index contributed by atoms with van der Waals surface area (Å²) in [5.41, 5.74) is 3.40. The second-order valence-electron chi connectivity index (χ2n) is 5.21. The number of ether oxygens (including phenoxy) is 1. The lowest BCUT2D eigenvalue weighted by atomic mass is 10.1. The summed E-state index contributed by atoms with van der Waals surface area (Å²) in [6.07, 6.45) is 0.857. The third-order valence-electron chi connectivity index (χ3n) is 3.55. The first-order valence-corrected chi connectivity index (χ1v) is 7.84. The van der Waals surface area contributed by atoms with E-state index in [1.807, 2.05) is 18.2 Å². The van der Waals surface area contributed by atoms with Gasteiger partial charge in [-0.1, -0.05) is 39.7 Å². The molecule has 3 rings (SSSR count). The maximum Gasteiger partial charge on any atom is 0.134 e. The lowest BCUT2D eigenvalue weighted by molar-refractivity contribution is 0.414. The van der Waals surface area contributed by atoms with E-state index in [-0.39, 0.29) is 4.83 Å². The van der Waals surface area contributed by atoms with Crippen molar-refractivity contribution in [1.29, 1.82) is 0 Å². The van der Waals surface area contributed by atoms with Crippen molar-refractivity contribution in [2.24, 2.45) is 0 Å². The Balaban J connectivity index is 1.84. The third-order valence-corrected chi connectivity index (χ3v) is 4.32. The first-order chi connectivity index (χ1) is 10.2. The summed E-state index contributed by atoms with van der Waals surface area (Å²) in [6, 6.07) is 16.5. The number of benzene rings is 2. The van der Waals surface area contributed by atoms with Gasteiger partial charge in [-0.3, -0.25) is 0 Å². The molecule has 21 heavy (non-hydrogen) atoms. The lowest BCUT2D eigenvalue weighted by Gasteiger charge is -2.08. The van der Waals surface area contributed by atoms with Gasteiger partial charge < -0.3 is 9.15 Å². The van der Waals surface area contributed by atoms with Crippen LogP contribution in [0.4, 0.5) is 0 Å². The number of rotatable bonds is 4. The second-order valence-corrected chi connectivity index (χ2v) is 6.32. The van der Waals surface area contributed by atoms with Crippen LogP contribution >= 0.6 is 15.9 Å². The van der Waals surface area contributed by atoms with Gasteiger partial charge in [-0.2, -0.15) is 0 Å². The molecule has 3 aromatic rings. The van der Waals surface area contributed by atoms with Crippen LogP contribution < -0.4 is 4.74 Å². The summed E-state index contributed by atoms with van der Waals surface area (Å²) in [5, 5.41) is 1.15. The molecule has 0 saturated heterocycles. The monoisotopic (exact) mass is 344 g/mol. The minimum absolute atomic E-state index is 0.150. The van der Waals surface area contributed by atoms with Crippen LogP contribution in [0.15, 0.2) is 52.9 Å². The maximum atomic E-state index is 5.94. The van der Waals surface area contributed by atoms with Crippen LogP contribution in [-0.4, -0.2) is 7.11 Å². The summed E-state index contributed by atoms with van der Waals surface area (Å²) in [4.78, 5) is 0.150. The molecule has 0 radical (unpaired) electrons. The molecule has 2 nitrogen and oxygen atoms in total. The zero-order valence-corrected chi connectivity index (χ0v) is 13.7. The molecule has 1 heterocycles. The van der Waals surface area contributed by atoms with Gasteiger partial charge in [0, 0.05) is 5.39 Å². The highest BCUT2D eigenvalue weighted by atomic mass is 79.9. The number of methoxy groups -OCH3 is 1. The van der Waals surface area contributed by atoms with E-state index in [2.05, 4.69) is 53.2 Å². The number of halogens is 1. The Morgan fingerprint density at radius 1 is 1.14 bits per heavy atom. The highest BCUT2D eigenvalue weighted by molar-refractivity contribution is 9.09. The van der Waals surface area contributed by atoms with Gasteiger partial charge in [0.05, 0.1) is 11.9 Å². The predicted molar refractivity (Wildman–Crippen MR) is 89.3 cm³/mol. The molecule has 0 spiro atoms. The van der Waals surface area contributed by atoms with E-state index in [0.29, 0.717) is 0 Å². The van der Waals surface area contributed by atoms with Crippen LogP contribution in [0.2, 0.25) is 0 Å². The first-order valence-electron chi connectivity index (χ1n) is 6.93. The van der Waals surface area contributed by atoms with Crippen LogP contribution in [-0.2, 0) is 6.42 Å². The van der Waals surface area contributed by atoms with E-state index >= 15 is 0 Å². The van der Waals surface area contributed by atoms with Crippen molar-refractivity contribution in [3.8, 4) is 5.75 Å². The van der Waals surface area contributed by atoms with E-state index < -0.39 is 0 Å². The fourth-order valence-electron chi connectivity index (χ4n) is 2.44. The molecule has 1 aromatic heterocycles. The van der Waals surface area contributed by atoms with Crippen LogP contribution in [0.3, 0.4) is 0 Å². The quantitative estimate of drug-likeness (QED) is 0.589.